The third kappa shape index (κ3) is 2.38. The van der Waals surface area contributed by atoms with Gasteiger partial charge in [0.1, 0.15) is 5.82 Å². The summed E-state index contributed by atoms with van der Waals surface area (Å²) < 4.78 is 1.58. The van der Waals surface area contributed by atoms with Crippen molar-refractivity contribution in [3.8, 4) is 0 Å². The summed E-state index contributed by atoms with van der Waals surface area (Å²) in [6.07, 6.45) is 1.65. The standard InChI is InChI=1S/C18H23N5O/c1-2-22-10-8-14-16(11-22)23(21-17(14)19)18(24)13-7-9-20-15-6-4-3-5-12(13)15/h3-6,13,20H,2,7-11H2,1H3,(H2,19,21). The second-order valence-electron chi connectivity index (χ2n) is 6.53. The van der Waals surface area contributed by atoms with Crippen molar-refractivity contribution >= 4 is 17.4 Å². The van der Waals surface area contributed by atoms with Crippen LogP contribution in [0.25, 0.3) is 0 Å². The van der Waals surface area contributed by atoms with Gasteiger partial charge < -0.3 is 11.1 Å². The summed E-state index contributed by atoms with van der Waals surface area (Å²) in [4.78, 5) is 15.6. The SMILES string of the molecule is CCN1CCc2c(N)nn(C(=O)C3CCNc4ccccc43)c2C1. The highest BCUT2D eigenvalue weighted by Crippen LogP contribution is 2.34. The van der Waals surface area contributed by atoms with E-state index in [1.54, 1.807) is 4.68 Å². The number of hydrogen-bond acceptors (Lipinski definition) is 5. The van der Waals surface area contributed by atoms with Crippen LogP contribution in [0.4, 0.5) is 11.5 Å². The second-order valence-corrected chi connectivity index (χ2v) is 6.53. The van der Waals surface area contributed by atoms with Crippen molar-refractivity contribution in [1.29, 1.82) is 0 Å². The smallest absolute Gasteiger partial charge is 0.254 e. The predicted molar refractivity (Wildman–Crippen MR) is 94.2 cm³/mol. The molecule has 2 aliphatic rings. The number of rotatable bonds is 2. The number of nitrogens with one attached hydrogen (secondary N) is 1. The molecule has 0 bridgehead atoms. The minimum Gasteiger partial charge on any atom is -0.385 e. The maximum atomic E-state index is 13.2. The molecule has 2 aromatic rings. The third-order valence-corrected chi connectivity index (χ3v) is 5.21. The number of fused-ring (bicyclic) bond motifs is 2. The molecule has 0 radical (unpaired) electrons. The van der Waals surface area contributed by atoms with E-state index in [1.807, 2.05) is 24.3 Å². The molecule has 3 heterocycles. The van der Waals surface area contributed by atoms with Gasteiger partial charge in [-0.15, -0.1) is 5.10 Å². The van der Waals surface area contributed by atoms with Crippen molar-refractivity contribution < 1.29 is 4.79 Å². The van der Waals surface area contributed by atoms with Gasteiger partial charge in [-0.05, 0) is 31.0 Å². The second kappa shape index (κ2) is 5.94. The topological polar surface area (TPSA) is 76.2 Å². The summed E-state index contributed by atoms with van der Waals surface area (Å²) in [5, 5.41) is 7.77. The number of benzene rings is 1. The van der Waals surface area contributed by atoms with E-state index < -0.39 is 0 Å². The number of para-hydroxylation sites is 1. The van der Waals surface area contributed by atoms with E-state index in [0.717, 1.165) is 61.5 Å². The lowest BCUT2D eigenvalue weighted by Crippen LogP contribution is -2.34. The minimum atomic E-state index is -0.164. The van der Waals surface area contributed by atoms with Crippen molar-refractivity contribution in [2.24, 2.45) is 0 Å². The van der Waals surface area contributed by atoms with Crippen LogP contribution in [0.1, 0.15) is 40.9 Å². The van der Waals surface area contributed by atoms with E-state index in [4.69, 9.17) is 5.73 Å². The van der Waals surface area contributed by atoms with E-state index in [-0.39, 0.29) is 11.8 Å². The molecule has 0 spiro atoms. The summed E-state index contributed by atoms with van der Waals surface area (Å²) in [5.74, 6) is 0.383. The van der Waals surface area contributed by atoms with Crippen molar-refractivity contribution in [3.63, 3.8) is 0 Å². The number of likely N-dealkylation sites (N-methyl/N-ethyl adjacent to an activating group) is 1. The first-order chi connectivity index (χ1) is 11.7. The number of carbonyl (C=O) groups is 1. The van der Waals surface area contributed by atoms with Gasteiger partial charge in [0.05, 0.1) is 11.6 Å². The summed E-state index contributed by atoms with van der Waals surface area (Å²) >= 11 is 0. The molecular weight excluding hydrogens is 302 g/mol. The average molecular weight is 325 g/mol. The highest BCUT2D eigenvalue weighted by Gasteiger charge is 2.32. The molecule has 0 amide bonds. The van der Waals surface area contributed by atoms with E-state index in [2.05, 4.69) is 22.2 Å². The van der Waals surface area contributed by atoms with E-state index >= 15 is 0 Å². The zero-order chi connectivity index (χ0) is 16.7. The first-order valence-corrected chi connectivity index (χ1v) is 8.64. The average Bonchev–Trinajstić information content (AvgIpc) is 2.96. The van der Waals surface area contributed by atoms with Gasteiger partial charge in [-0.1, -0.05) is 25.1 Å². The zero-order valence-electron chi connectivity index (χ0n) is 14.0. The quantitative estimate of drug-likeness (QED) is 0.884. The lowest BCUT2D eigenvalue weighted by atomic mass is 9.90. The van der Waals surface area contributed by atoms with Gasteiger partial charge >= 0.3 is 0 Å². The molecule has 4 rings (SSSR count). The molecule has 2 aliphatic heterocycles. The number of nitrogen functional groups attached to an aromatic ring is 1. The lowest BCUT2D eigenvalue weighted by molar-refractivity contribution is 0.0847. The Kier molecular flexibility index (Phi) is 3.76. The molecule has 1 aromatic carbocycles. The molecule has 6 heteroatoms. The van der Waals surface area contributed by atoms with Crippen molar-refractivity contribution in [1.82, 2.24) is 14.7 Å². The highest BCUT2D eigenvalue weighted by molar-refractivity contribution is 5.89. The van der Waals surface area contributed by atoms with Gasteiger partial charge in [0.2, 0.25) is 0 Å². The summed E-state index contributed by atoms with van der Waals surface area (Å²) in [5.41, 5.74) is 10.2. The molecule has 0 saturated heterocycles. The Labute approximate surface area is 141 Å². The largest absolute Gasteiger partial charge is 0.385 e. The van der Waals surface area contributed by atoms with E-state index in [1.165, 1.54) is 0 Å². The first-order valence-electron chi connectivity index (χ1n) is 8.64. The Morgan fingerprint density at radius 3 is 3.08 bits per heavy atom. The fourth-order valence-corrected chi connectivity index (χ4v) is 3.82. The number of aromatic nitrogens is 2. The molecule has 126 valence electrons. The Bertz CT molecular complexity index is 782. The Morgan fingerprint density at radius 1 is 1.42 bits per heavy atom. The van der Waals surface area contributed by atoms with Gasteiger partial charge in [-0.3, -0.25) is 9.69 Å². The summed E-state index contributed by atoms with van der Waals surface area (Å²) in [7, 11) is 0. The van der Waals surface area contributed by atoms with Crippen LogP contribution in [-0.4, -0.2) is 40.2 Å². The molecule has 3 N–H and O–H groups in total. The Morgan fingerprint density at radius 2 is 2.25 bits per heavy atom. The van der Waals surface area contributed by atoms with Crippen molar-refractivity contribution in [3.05, 3.63) is 41.1 Å². The monoisotopic (exact) mass is 325 g/mol. The molecule has 1 atom stereocenters. The Hall–Kier alpha value is -2.34. The van der Waals surface area contributed by atoms with Gasteiger partial charge in [0.15, 0.2) is 0 Å². The lowest BCUT2D eigenvalue weighted by Gasteiger charge is -2.28. The maximum Gasteiger partial charge on any atom is 0.254 e. The number of nitrogens with two attached hydrogens (primary N) is 1. The third-order valence-electron chi connectivity index (χ3n) is 5.21. The molecule has 6 nitrogen and oxygen atoms in total. The van der Waals surface area contributed by atoms with Crippen LogP contribution in [0.5, 0.6) is 0 Å². The molecule has 0 saturated carbocycles. The van der Waals surface area contributed by atoms with Gasteiger partial charge in [0, 0.05) is 30.9 Å². The van der Waals surface area contributed by atoms with Crippen LogP contribution in [0.15, 0.2) is 24.3 Å². The number of carbonyl (C=O) groups excluding carboxylic acids is 1. The summed E-state index contributed by atoms with van der Waals surface area (Å²) in [6, 6.07) is 8.03. The van der Waals surface area contributed by atoms with Crippen LogP contribution < -0.4 is 11.1 Å². The van der Waals surface area contributed by atoms with E-state index in [0.29, 0.717) is 5.82 Å². The fourth-order valence-electron chi connectivity index (χ4n) is 3.82. The van der Waals surface area contributed by atoms with Crippen LogP contribution in [0.3, 0.4) is 0 Å². The summed E-state index contributed by atoms with van der Waals surface area (Å²) in [6.45, 7) is 5.63. The Balaban J connectivity index is 1.72. The van der Waals surface area contributed by atoms with Gasteiger partial charge in [-0.2, -0.15) is 0 Å². The number of anilines is 2. The minimum absolute atomic E-state index is 0.0369. The van der Waals surface area contributed by atoms with Crippen LogP contribution >= 0.6 is 0 Å². The van der Waals surface area contributed by atoms with Crippen molar-refractivity contribution in [2.75, 3.05) is 30.7 Å². The normalized spacial score (nSPS) is 20.1. The number of hydrogen-bond donors (Lipinski definition) is 2. The van der Waals surface area contributed by atoms with Crippen LogP contribution in [-0.2, 0) is 13.0 Å². The molecule has 0 aliphatic carbocycles. The zero-order valence-corrected chi connectivity index (χ0v) is 14.0. The van der Waals surface area contributed by atoms with Crippen LogP contribution in [0, 0.1) is 0 Å². The highest BCUT2D eigenvalue weighted by atomic mass is 16.2. The molecule has 1 aromatic heterocycles. The predicted octanol–water partition coefficient (Wildman–Crippen LogP) is 2.08. The molecule has 1 unspecified atom stereocenters. The number of nitrogens with zero attached hydrogens (tertiary/aromatic N) is 3. The molecule has 0 fully saturated rings. The van der Waals surface area contributed by atoms with Crippen molar-refractivity contribution in [2.45, 2.75) is 32.2 Å². The van der Waals surface area contributed by atoms with Gasteiger partial charge in [-0.25, -0.2) is 4.68 Å². The van der Waals surface area contributed by atoms with Crippen LogP contribution in [0.2, 0.25) is 0 Å². The maximum absolute atomic E-state index is 13.2. The first kappa shape index (κ1) is 15.2. The molecule has 24 heavy (non-hydrogen) atoms. The van der Waals surface area contributed by atoms with Gasteiger partial charge in [0.25, 0.3) is 5.91 Å². The van der Waals surface area contributed by atoms with E-state index in [9.17, 15) is 4.79 Å². The molecular formula is C18H23N5O. The fraction of sp³-hybridized carbons (Fsp3) is 0.444.